The topological polar surface area (TPSA) is 190 Å². The normalized spacial score (nSPS) is 5.20. The molecule has 0 fully saturated rings. The van der Waals surface area contributed by atoms with Gasteiger partial charge in [-0.25, -0.2) is 0 Å². The molecule has 0 unspecified atom stereocenters. The van der Waals surface area contributed by atoms with Crippen LogP contribution in [-0.2, 0) is 65.8 Å². The van der Waals surface area contributed by atoms with E-state index >= 15 is 0 Å². The van der Waals surface area contributed by atoms with Crippen LogP contribution < -0.4 is 22.1 Å². The summed E-state index contributed by atoms with van der Waals surface area (Å²) in [5.74, 6) is 0. The predicted octanol–water partition coefficient (Wildman–Crippen LogP) is -8.64. The van der Waals surface area contributed by atoms with Crippen LogP contribution in [0.5, 0.6) is 0 Å². The molecule has 0 atom stereocenters. The van der Waals surface area contributed by atoms with Crippen LogP contribution in [0.2, 0.25) is 0 Å². The van der Waals surface area contributed by atoms with E-state index in [1.807, 2.05) is 0 Å². The Labute approximate surface area is 196 Å². The first kappa shape index (κ1) is 36.9. The molecule has 0 spiro atoms. The molecule has 0 saturated heterocycles. The van der Waals surface area contributed by atoms with Crippen LogP contribution in [0.1, 0.15) is 0 Å². The van der Waals surface area contributed by atoms with E-state index < -0.39 is 55.8 Å². The minimum atomic E-state index is -4.08. The Morgan fingerprint density at radius 1 is 0.467 bits per heavy atom. The molecule has 0 bridgehead atoms. The van der Waals surface area contributed by atoms with Gasteiger partial charge in [0.2, 0.25) is 0 Å². The summed E-state index contributed by atoms with van der Waals surface area (Å²) in [7, 11) is 0. The van der Waals surface area contributed by atoms with E-state index in [4.69, 9.17) is 32.1 Å². The molecule has 15 heteroatoms. The third kappa shape index (κ3) is 216. The zero-order valence-electron chi connectivity index (χ0n) is 7.30. The van der Waals surface area contributed by atoms with Crippen LogP contribution in [0, 0.1) is 0 Å². The number of rotatable bonds is 0. The second-order valence-corrected chi connectivity index (χ2v) is 3.09. The first-order valence-electron chi connectivity index (χ1n) is 1.84. The summed E-state index contributed by atoms with van der Waals surface area (Å²) in [6.07, 6.45) is 0. The summed E-state index contributed by atoms with van der Waals surface area (Å²) in [5.41, 5.74) is 0. The first-order chi connectivity index (χ1) is 5.20. The first-order valence-corrected chi connectivity index (χ1v) is 7.57. The molecule has 72 valence electrons. The quantitative estimate of drug-likeness (QED) is 0.351. The van der Waals surface area contributed by atoms with Crippen molar-refractivity contribution in [2.45, 2.75) is 0 Å². The Hall–Kier alpha value is 5.08. The van der Waals surface area contributed by atoms with Gasteiger partial charge in [-0.05, 0) is 0 Å². The maximum absolute atomic E-state index is 8.58. The molecule has 0 aliphatic carbocycles. The van der Waals surface area contributed by atoms with Crippen molar-refractivity contribution in [3.8, 4) is 0 Å². The molecular formula is Ca3O9Ti3. The van der Waals surface area contributed by atoms with E-state index in [0.717, 1.165) is 0 Å². The fourth-order valence-corrected chi connectivity index (χ4v) is 0. The Morgan fingerprint density at radius 2 is 0.467 bits per heavy atom. The van der Waals surface area contributed by atoms with Crippen LogP contribution in [0.4, 0.5) is 0 Å². The molecule has 15 heavy (non-hydrogen) atoms. The molecule has 0 rings (SSSR count). The van der Waals surface area contributed by atoms with Crippen LogP contribution in [0.15, 0.2) is 0 Å². The van der Waals surface area contributed by atoms with Crippen molar-refractivity contribution in [1.82, 2.24) is 0 Å². The molecule has 0 heterocycles. The van der Waals surface area contributed by atoms with Gasteiger partial charge in [-0.15, -0.1) is 0 Å². The fraction of sp³-hybridized carbons (Fsp3) is 0. The minimum absolute atomic E-state index is 0. The third-order valence-corrected chi connectivity index (χ3v) is 0. The molecular weight excluding hydrogens is 408 g/mol. The van der Waals surface area contributed by atoms with E-state index in [9.17, 15) is 0 Å². The predicted molar refractivity (Wildman–Crippen MR) is 19.3 cm³/mol. The molecule has 0 amide bonds. The Kier molecular flexibility index (Phi) is 77.3. The molecule has 0 aliphatic heterocycles. The van der Waals surface area contributed by atoms with Gasteiger partial charge in [0.25, 0.3) is 0 Å². The third-order valence-electron chi connectivity index (χ3n) is 0. The Balaban J connectivity index is -0.0000000184. The summed E-state index contributed by atoms with van der Waals surface area (Å²) in [4.78, 5) is 0. The second-order valence-electron chi connectivity index (χ2n) is 0.750. The molecule has 0 aromatic heterocycles. The summed E-state index contributed by atoms with van der Waals surface area (Å²) < 4.78 is 77.2. The van der Waals surface area contributed by atoms with Crippen molar-refractivity contribution in [2.75, 3.05) is 0 Å². The molecule has 0 saturated carbocycles. The molecule has 0 aromatic carbocycles. The average molecular weight is 408 g/mol. The van der Waals surface area contributed by atoms with Crippen LogP contribution in [0.25, 0.3) is 0 Å². The van der Waals surface area contributed by atoms with Crippen molar-refractivity contribution < 1.29 is 88.0 Å². The van der Waals surface area contributed by atoms with Crippen molar-refractivity contribution in [2.24, 2.45) is 0 Å². The van der Waals surface area contributed by atoms with Crippen molar-refractivity contribution in [3.05, 3.63) is 0 Å². The fourth-order valence-electron chi connectivity index (χ4n) is 0. The van der Waals surface area contributed by atoms with E-state index in [0.29, 0.717) is 0 Å². The van der Waals surface area contributed by atoms with Gasteiger partial charge in [-0.3, -0.25) is 0 Å². The van der Waals surface area contributed by atoms with Crippen LogP contribution >= 0.6 is 0 Å². The average Bonchev–Trinajstić information content (AvgIpc) is 1.54. The van der Waals surface area contributed by atoms with E-state index in [-0.39, 0.29) is 113 Å². The summed E-state index contributed by atoms with van der Waals surface area (Å²) in [5, 5.41) is 0. The van der Waals surface area contributed by atoms with Gasteiger partial charge in [0.15, 0.2) is 0 Å². The maximum atomic E-state index is 8.58. The van der Waals surface area contributed by atoms with E-state index in [1.54, 1.807) is 0 Å². The molecule has 9 nitrogen and oxygen atoms in total. The standard InChI is InChI=1S/3Ca.9O.3Ti/q3*+2;;;;6*-1;;;. The molecule has 0 radical (unpaired) electrons. The van der Waals surface area contributed by atoms with E-state index in [2.05, 4.69) is 0 Å². The van der Waals surface area contributed by atoms with Crippen LogP contribution in [0.3, 0.4) is 0 Å². The van der Waals surface area contributed by atoms with Crippen molar-refractivity contribution in [3.63, 3.8) is 0 Å². The molecule has 0 aromatic rings. The van der Waals surface area contributed by atoms with Gasteiger partial charge in [0.05, 0.1) is 0 Å². The van der Waals surface area contributed by atoms with Gasteiger partial charge in [0.1, 0.15) is 0 Å². The van der Waals surface area contributed by atoms with Gasteiger partial charge in [-0.1, -0.05) is 0 Å². The number of hydrogen-bond donors (Lipinski definition) is 0. The van der Waals surface area contributed by atoms with Gasteiger partial charge < -0.3 is 0 Å². The zero-order valence-corrected chi connectivity index (χ0v) is 18.6. The van der Waals surface area contributed by atoms with Gasteiger partial charge in [-0.2, -0.15) is 0 Å². The van der Waals surface area contributed by atoms with E-state index in [1.165, 1.54) is 0 Å². The Bertz CT molecular complexity index is 118. The monoisotopic (exact) mass is 408 g/mol. The molecule has 0 aliphatic rings. The molecule has 0 N–H and O–H groups in total. The Morgan fingerprint density at radius 3 is 0.467 bits per heavy atom. The summed E-state index contributed by atoms with van der Waals surface area (Å²) in [6, 6.07) is 0. The summed E-state index contributed by atoms with van der Waals surface area (Å²) >= 11 is -12.2. The second kappa shape index (κ2) is 31.5. The SMILES string of the molecule is [Ca+2].[Ca+2].[Ca+2].[O]=[Ti]([O-])[O-].[O]=[Ti]([O-])[O-].[O]=[Ti]([O-])[O-]. The van der Waals surface area contributed by atoms with Gasteiger partial charge >= 0.3 is 201 Å². The van der Waals surface area contributed by atoms with Crippen molar-refractivity contribution >= 4 is 113 Å². The zero-order chi connectivity index (χ0) is 10.7. The van der Waals surface area contributed by atoms with Gasteiger partial charge in [0, 0.05) is 0 Å². The van der Waals surface area contributed by atoms with Crippen LogP contribution in [-0.4, -0.2) is 113 Å². The number of hydrogen-bond acceptors (Lipinski definition) is 9. The van der Waals surface area contributed by atoms with Crippen molar-refractivity contribution in [1.29, 1.82) is 0 Å². The summed E-state index contributed by atoms with van der Waals surface area (Å²) in [6.45, 7) is 0.